The Kier molecular flexibility index (Phi) is 4.54. The van der Waals surface area contributed by atoms with Crippen LogP contribution in [0.4, 0.5) is 0 Å². The van der Waals surface area contributed by atoms with Gasteiger partial charge in [-0.1, -0.05) is 27.5 Å². The fourth-order valence-corrected chi connectivity index (χ4v) is 3.00. The van der Waals surface area contributed by atoms with Crippen molar-refractivity contribution >= 4 is 37.6 Å². The van der Waals surface area contributed by atoms with Crippen LogP contribution in [0.3, 0.4) is 0 Å². The first-order valence-corrected chi connectivity index (χ1v) is 6.68. The molecule has 0 fully saturated rings. The molecule has 0 saturated heterocycles. The van der Waals surface area contributed by atoms with Crippen molar-refractivity contribution in [2.75, 3.05) is 13.2 Å². The summed E-state index contributed by atoms with van der Waals surface area (Å²) in [5.74, 6) is 0. The molecular weight excluding hydrogens is 306 g/mol. The summed E-state index contributed by atoms with van der Waals surface area (Å²) < 4.78 is 26.1. The molecule has 1 aromatic rings. The number of hydrogen-bond acceptors (Lipinski definition) is 3. The number of rotatable bonds is 4. The Labute approximate surface area is 101 Å². The molecule has 0 radical (unpaired) electrons. The van der Waals surface area contributed by atoms with Gasteiger partial charge in [-0.2, -0.15) is 0 Å². The van der Waals surface area contributed by atoms with Crippen molar-refractivity contribution in [3.8, 4) is 0 Å². The van der Waals surface area contributed by atoms with E-state index in [2.05, 4.69) is 20.7 Å². The summed E-state index contributed by atoms with van der Waals surface area (Å²) in [6.45, 7) is -0.296. The zero-order valence-electron chi connectivity index (χ0n) is 7.57. The van der Waals surface area contributed by atoms with Gasteiger partial charge in [0.15, 0.2) is 0 Å². The first-order valence-electron chi connectivity index (χ1n) is 4.03. The zero-order chi connectivity index (χ0) is 11.5. The topological polar surface area (TPSA) is 66.4 Å². The van der Waals surface area contributed by atoms with Crippen molar-refractivity contribution in [1.29, 1.82) is 0 Å². The van der Waals surface area contributed by atoms with E-state index in [0.29, 0.717) is 4.47 Å². The highest BCUT2D eigenvalue weighted by Crippen LogP contribution is 2.24. The van der Waals surface area contributed by atoms with Gasteiger partial charge in [0.25, 0.3) is 0 Å². The van der Waals surface area contributed by atoms with Crippen molar-refractivity contribution in [3.05, 3.63) is 27.7 Å². The molecule has 2 N–H and O–H groups in total. The molecule has 0 amide bonds. The number of benzene rings is 1. The minimum atomic E-state index is -3.65. The minimum absolute atomic E-state index is 0.00742. The second-order valence-corrected chi connectivity index (χ2v) is 5.75. The fraction of sp³-hybridized carbons (Fsp3) is 0.250. The molecule has 0 bridgehead atoms. The summed E-state index contributed by atoms with van der Waals surface area (Å²) in [5.41, 5.74) is 0. The van der Waals surface area contributed by atoms with E-state index in [-0.39, 0.29) is 23.1 Å². The standard InChI is InChI=1S/C8H9BrClNO3S/c9-6-1-2-7(10)8(5-6)15(13,14)11-3-4-12/h1-2,5,11-12H,3-4H2. The van der Waals surface area contributed by atoms with Crippen LogP contribution in [-0.2, 0) is 10.0 Å². The average Bonchev–Trinajstić information content (AvgIpc) is 2.18. The molecule has 84 valence electrons. The molecule has 0 heterocycles. The van der Waals surface area contributed by atoms with E-state index < -0.39 is 10.0 Å². The highest BCUT2D eigenvalue weighted by molar-refractivity contribution is 9.10. The Morgan fingerprint density at radius 2 is 2.13 bits per heavy atom. The van der Waals surface area contributed by atoms with Gasteiger partial charge in [-0.3, -0.25) is 0 Å². The summed E-state index contributed by atoms with van der Waals surface area (Å²) in [6, 6.07) is 4.54. The van der Waals surface area contributed by atoms with Crippen LogP contribution in [0, 0.1) is 0 Å². The van der Waals surface area contributed by atoms with Gasteiger partial charge in [0, 0.05) is 11.0 Å². The van der Waals surface area contributed by atoms with Gasteiger partial charge in [0.2, 0.25) is 10.0 Å². The Balaban J connectivity index is 3.09. The van der Waals surface area contributed by atoms with Gasteiger partial charge in [-0.15, -0.1) is 0 Å². The van der Waals surface area contributed by atoms with Crippen LogP contribution >= 0.6 is 27.5 Å². The highest BCUT2D eigenvalue weighted by atomic mass is 79.9. The van der Waals surface area contributed by atoms with Crippen molar-refractivity contribution < 1.29 is 13.5 Å². The van der Waals surface area contributed by atoms with Crippen LogP contribution in [0.1, 0.15) is 0 Å². The Hall–Kier alpha value is -0.140. The smallest absolute Gasteiger partial charge is 0.242 e. The first kappa shape index (κ1) is 12.9. The van der Waals surface area contributed by atoms with E-state index in [1.54, 1.807) is 6.07 Å². The maximum Gasteiger partial charge on any atom is 0.242 e. The zero-order valence-corrected chi connectivity index (χ0v) is 10.7. The molecule has 1 aromatic carbocycles. The summed E-state index contributed by atoms with van der Waals surface area (Å²) >= 11 is 8.91. The van der Waals surface area contributed by atoms with E-state index in [9.17, 15) is 8.42 Å². The summed E-state index contributed by atoms with van der Waals surface area (Å²) in [6.07, 6.45) is 0. The molecule has 0 aliphatic carbocycles. The van der Waals surface area contributed by atoms with Crippen LogP contribution in [-0.4, -0.2) is 26.7 Å². The summed E-state index contributed by atoms with van der Waals surface area (Å²) in [5, 5.41) is 8.67. The third-order valence-corrected chi connectivity index (χ3v) is 4.02. The quantitative estimate of drug-likeness (QED) is 0.882. The summed E-state index contributed by atoms with van der Waals surface area (Å²) in [4.78, 5) is -0.00742. The van der Waals surface area contributed by atoms with Crippen LogP contribution < -0.4 is 4.72 Å². The molecule has 0 unspecified atom stereocenters. The largest absolute Gasteiger partial charge is 0.395 e. The molecule has 0 aliphatic heterocycles. The van der Waals surface area contributed by atoms with Gasteiger partial charge >= 0.3 is 0 Å². The van der Waals surface area contributed by atoms with Crippen molar-refractivity contribution in [3.63, 3.8) is 0 Å². The lowest BCUT2D eigenvalue weighted by Crippen LogP contribution is -2.26. The maximum absolute atomic E-state index is 11.6. The molecule has 1 rings (SSSR count). The monoisotopic (exact) mass is 313 g/mol. The Morgan fingerprint density at radius 3 is 2.73 bits per heavy atom. The number of aliphatic hydroxyl groups excluding tert-OH is 1. The van der Waals surface area contributed by atoms with Gasteiger partial charge in [0.1, 0.15) is 4.90 Å². The molecular formula is C8H9BrClNO3S. The number of aliphatic hydroxyl groups is 1. The molecule has 7 heteroatoms. The molecule has 0 aromatic heterocycles. The normalized spacial score (nSPS) is 11.7. The van der Waals surface area contributed by atoms with Gasteiger partial charge < -0.3 is 5.11 Å². The lowest BCUT2D eigenvalue weighted by Gasteiger charge is -2.07. The van der Waals surface area contributed by atoms with E-state index in [1.807, 2.05) is 0 Å². The molecule has 4 nitrogen and oxygen atoms in total. The third-order valence-electron chi connectivity index (χ3n) is 1.59. The van der Waals surface area contributed by atoms with Crippen molar-refractivity contribution in [2.45, 2.75) is 4.90 Å². The number of nitrogens with one attached hydrogen (secondary N) is 1. The van der Waals surface area contributed by atoms with E-state index in [1.165, 1.54) is 12.1 Å². The number of hydrogen-bond donors (Lipinski definition) is 2. The van der Waals surface area contributed by atoms with Crippen molar-refractivity contribution in [2.24, 2.45) is 0 Å². The van der Waals surface area contributed by atoms with Crippen LogP contribution in [0.2, 0.25) is 5.02 Å². The SMILES string of the molecule is O=S(=O)(NCCO)c1cc(Br)ccc1Cl. The maximum atomic E-state index is 11.6. The van der Waals surface area contributed by atoms with E-state index in [0.717, 1.165) is 0 Å². The van der Waals surface area contributed by atoms with Crippen LogP contribution in [0.15, 0.2) is 27.6 Å². The van der Waals surface area contributed by atoms with Crippen LogP contribution in [0.5, 0.6) is 0 Å². The Bertz CT molecular complexity index is 449. The molecule has 0 spiro atoms. The summed E-state index contributed by atoms with van der Waals surface area (Å²) in [7, 11) is -3.65. The van der Waals surface area contributed by atoms with E-state index >= 15 is 0 Å². The lowest BCUT2D eigenvalue weighted by molar-refractivity contribution is 0.301. The third kappa shape index (κ3) is 3.42. The molecule has 0 atom stereocenters. The van der Waals surface area contributed by atoms with E-state index in [4.69, 9.17) is 16.7 Å². The second-order valence-electron chi connectivity index (χ2n) is 2.70. The Morgan fingerprint density at radius 1 is 1.47 bits per heavy atom. The lowest BCUT2D eigenvalue weighted by atomic mass is 10.4. The average molecular weight is 315 g/mol. The van der Waals surface area contributed by atoms with Gasteiger partial charge in [-0.25, -0.2) is 13.1 Å². The fourth-order valence-electron chi connectivity index (χ4n) is 0.941. The van der Waals surface area contributed by atoms with Gasteiger partial charge in [0.05, 0.1) is 11.6 Å². The predicted molar refractivity (Wildman–Crippen MR) is 61.4 cm³/mol. The second kappa shape index (κ2) is 5.27. The molecule has 0 saturated carbocycles. The first-order chi connectivity index (χ1) is 6.97. The molecule has 15 heavy (non-hydrogen) atoms. The van der Waals surface area contributed by atoms with Crippen LogP contribution in [0.25, 0.3) is 0 Å². The minimum Gasteiger partial charge on any atom is -0.395 e. The highest BCUT2D eigenvalue weighted by Gasteiger charge is 2.17. The predicted octanol–water partition coefficient (Wildman–Crippen LogP) is 1.37. The van der Waals surface area contributed by atoms with Gasteiger partial charge in [-0.05, 0) is 18.2 Å². The number of sulfonamides is 1. The van der Waals surface area contributed by atoms with Crippen molar-refractivity contribution in [1.82, 2.24) is 4.72 Å². The molecule has 0 aliphatic rings. The number of halogens is 2.